The molecule has 30 heavy (non-hydrogen) atoms. The maximum atomic E-state index is 12.8. The van der Waals surface area contributed by atoms with Gasteiger partial charge in [0.15, 0.2) is 23.4 Å². The lowest BCUT2D eigenvalue weighted by Gasteiger charge is -2.54. The Kier molecular flexibility index (Phi) is 5.05. The first-order valence-corrected chi connectivity index (χ1v) is 11.2. The highest BCUT2D eigenvalue weighted by Gasteiger charge is 2.63. The van der Waals surface area contributed by atoms with Crippen molar-refractivity contribution in [1.82, 2.24) is 4.90 Å². The Labute approximate surface area is 176 Å². The molecule has 1 heterocycles. The molecule has 0 aromatic heterocycles. The molecular formula is C23H31NO6. The van der Waals surface area contributed by atoms with Gasteiger partial charge in [-0.3, -0.25) is 9.69 Å². The fourth-order valence-electron chi connectivity index (χ4n) is 5.85. The average molecular weight is 418 g/mol. The third-order valence-electron chi connectivity index (χ3n) is 7.50. The van der Waals surface area contributed by atoms with Gasteiger partial charge in [0.25, 0.3) is 0 Å². The minimum Gasteiger partial charge on any atom is -0.504 e. The highest BCUT2D eigenvalue weighted by Crippen LogP contribution is 2.59. The number of nitrogens with zero attached hydrogens (tertiary/aromatic N) is 1. The highest BCUT2D eigenvalue weighted by atomic mass is 16.5. The minimum absolute atomic E-state index is 0.00881. The first-order valence-electron chi connectivity index (χ1n) is 11.2. The van der Waals surface area contributed by atoms with Crippen LogP contribution < -0.4 is 4.74 Å². The van der Waals surface area contributed by atoms with Gasteiger partial charge in [-0.2, -0.15) is 0 Å². The number of benzene rings is 1. The first-order chi connectivity index (χ1) is 14.5. The molecule has 2 saturated carbocycles. The number of Topliss-reactive ketones (excluding diaryl/α,β-unsaturated/α-hetero) is 1. The number of hydrogen-bond acceptors (Lipinski definition) is 7. The molecule has 2 unspecified atom stereocenters. The van der Waals surface area contributed by atoms with Gasteiger partial charge in [-0.1, -0.05) is 13.0 Å². The number of ketones is 1. The lowest BCUT2D eigenvalue weighted by molar-refractivity contribution is -0.176. The third-order valence-corrected chi connectivity index (χ3v) is 7.50. The quantitative estimate of drug-likeness (QED) is 0.587. The van der Waals surface area contributed by atoms with Gasteiger partial charge in [0.05, 0.1) is 24.7 Å². The van der Waals surface area contributed by atoms with Crippen LogP contribution >= 0.6 is 0 Å². The smallest absolute Gasteiger partial charge is 0.174 e. The summed E-state index contributed by atoms with van der Waals surface area (Å²) in [6, 6.07) is 3.65. The molecule has 0 amide bonds. The van der Waals surface area contributed by atoms with Gasteiger partial charge < -0.3 is 24.8 Å². The van der Waals surface area contributed by atoms with Crippen molar-refractivity contribution in [1.29, 1.82) is 0 Å². The zero-order valence-electron chi connectivity index (χ0n) is 17.4. The molecule has 7 heteroatoms. The summed E-state index contributed by atoms with van der Waals surface area (Å²) in [5, 5.41) is 29.8. The van der Waals surface area contributed by atoms with Crippen LogP contribution in [0.4, 0.5) is 0 Å². The van der Waals surface area contributed by atoms with E-state index < -0.39 is 17.8 Å². The maximum Gasteiger partial charge on any atom is 0.174 e. The number of likely N-dealkylation sites (N-methyl/N-ethyl adjacent to an activating group) is 1. The summed E-state index contributed by atoms with van der Waals surface area (Å²) in [7, 11) is 0. The molecule has 1 aliphatic heterocycles. The minimum atomic E-state index is -0.970. The van der Waals surface area contributed by atoms with Gasteiger partial charge >= 0.3 is 0 Å². The van der Waals surface area contributed by atoms with E-state index in [0.29, 0.717) is 24.5 Å². The van der Waals surface area contributed by atoms with Gasteiger partial charge in [-0.15, -0.1) is 0 Å². The normalized spacial score (nSPS) is 32.8. The molecule has 0 bridgehead atoms. The van der Waals surface area contributed by atoms with E-state index in [4.69, 9.17) is 9.47 Å². The number of aromatic hydroxyl groups is 1. The number of phenols is 1. The molecule has 1 aromatic carbocycles. The van der Waals surface area contributed by atoms with Crippen LogP contribution in [0.2, 0.25) is 0 Å². The Bertz CT molecular complexity index is 839. The highest BCUT2D eigenvalue weighted by molar-refractivity contribution is 5.88. The number of phenolic OH excluding ortho intramolecular Hbond substituents is 1. The Balaban J connectivity index is 1.61. The summed E-state index contributed by atoms with van der Waals surface area (Å²) >= 11 is 0. The van der Waals surface area contributed by atoms with Crippen LogP contribution in [0.25, 0.3) is 0 Å². The van der Waals surface area contributed by atoms with Gasteiger partial charge in [-0.05, 0) is 49.8 Å². The van der Waals surface area contributed by atoms with E-state index in [1.807, 2.05) is 6.07 Å². The largest absolute Gasteiger partial charge is 0.504 e. The second kappa shape index (κ2) is 7.48. The zero-order chi connectivity index (χ0) is 21.0. The Morgan fingerprint density at radius 2 is 2.17 bits per heavy atom. The Morgan fingerprint density at radius 3 is 2.87 bits per heavy atom. The predicted molar refractivity (Wildman–Crippen MR) is 109 cm³/mol. The molecule has 7 nitrogen and oxygen atoms in total. The summed E-state index contributed by atoms with van der Waals surface area (Å²) in [5.74, 6) is 0.909. The van der Waals surface area contributed by atoms with Crippen LogP contribution in [-0.4, -0.2) is 76.2 Å². The topological polar surface area (TPSA) is 99.5 Å². The van der Waals surface area contributed by atoms with Crippen molar-refractivity contribution in [2.45, 2.75) is 68.8 Å². The summed E-state index contributed by atoms with van der Waals surface area (Å²) in [6.45, 7) is 3.68. The van der Waals surface area contributed by atoms with Crippen molar-refractivity contribution in [3.05, 3.63) is 23.3 Å². The summed E-state index contributed by atoms with van der Waals surface area (Å²) in [5.41, 5.74) is 1.29. The van der Waals surface area contributed by atoms with Crippen LogP contribution in [0.1, 0.15) is 49.7 Å². The molecule has 0 radical (unpaired) electrons. The fourth-order valence-corrected chi connectivity index (χ4v) is 5.85. The molecule has 0 saturated heterocycles. The predicted octanol–water partition coefficient (Wildman–Crippen LogP) is 1.36. The van der Waals surface area contributed by atoms with Crippen molar-refractivity contribution in [3.8, 4) is 11.5 Å². The molecule has 1 aromatic rings. The number of ether oxygens (including phenoxy) is 2. The van der Waals surface area contributed by atoms with Gasteiger partial charge in [0, 0.05) is 24.6 Å². The first kappa shape index (κ1) is 20.2. The summed E-state index contributed by atoms with van der Waals surface area (Å²) < 4.78 is 12.6. The third kappa shape index (κ3) is 3.06. The number of carbonyl (C=O) groups excluding carboxylic acids is 1. The number of aliphatic hydroxyl groups is 2. The van der Waals surface area contributed by atoms with E-state index >= 15 is 0 Å². The standard InChI is InChI=1S/C23H31NO6/c1-2-24(10-13-3-4-13)18-9-14-5-6-16(27)21-19(14)20-22(30-21)17(28)7-8-23(18,20)29-12-15(26)11-25/h5-6,13,15,18,20,22,25-27H,2-4,7-12H2,1H3/t15?,18-,20?,22+,23-/m1/s1. The molecule has 2 fully saturated rings. The van der Waals surface area contributed by atoms with Gasteiger partial charge in [0.2, 0.25) is 0 Å². The number of rotatable bonds is 8. The van der Waals surface area contributed by atoms with Crippen LogP contribution in [0, 0.1) is 5.92 Å². The number of carbonyl (C=O) groups is 1. The van der Waals surface area contributed by atoms with Crippen LogP contribution in [0.3, 0.4) is 0 Å². The van der Waals surface area contributed by atoms with Crippen molar-refractivity contribution in [2.75, 3.05) is 26.3 Å². The molecule has 164 valence electrons. The summed E-state index contributed by atoms with van der Waals surface area (Å²) in [6.07, 6.45) is 2.51. The molecule has 5 rings (SSSR count). The maximum absolute atomic E-state index is 12.8. The van der Waals surface area contributed by atoms with E-state index in [0.717, 1.165) is 30.6 Å². The fraction of sp³-hybridized carbons (Fsp3) is 0.696. The van der Waals surface area contributed by atoms with E-state index in [1.165, 1.54) is 12.8 Å². The van der Waals surface area contributed by atoms with Crippen molar-refractivity contribution < 1.29 is 29.6 Å². The van der Waals surface area contributed by atoms with E-state index in [-0.39, 0.29) is 36.7 Å². The SMILES string of the molecule is CCN(CC1CC1)[C@@H]1Cc2ccc(O)c3c2C2[C@@H](O3)C(=O)CC[C@]21OCC(O)CO. The Hall–Kier alpha value is -1.67. The molecule has 3 aliphatic carbocycles. The number of hydrogen-bond donors (Lipinski definition) is 3. The molecule has 4 aliphatic rings. The van der Waals surface area contributed by atoms with Crippen molar-refractivity contribution in [2.24, 2.45) is 5.92 Å². The number of aliphatic hydroxyl groups excluding tert-OH is 2. The summed E-state index contributed by atoms with van der Waals surface area (Å²) in [4.78, 5) is 15.3. The van der Waals surface area contributed by atoms with Crippen LogP contribution in [-0.2, 0) is 16.0 Å². The second-order valence-corrected chi connectivity index (χ2v) is 9.32. The molecule has 3 N–H and O–H groups in total. The van der Waals surface area contributed by atoms with E-state index in [9.17, 15) is 20.1 Å². The molecule has 0 spiro atoms. The van der Waals surface area contributed by atoms with Crippen LogP contribution in [0.5, 0.6) is 11.5 Å². The van der Waals surface area contributed by atoms with Gasteiger partial charge in [0.1, 0.15) is 6.10 Å². The molecule has 5 atom stereocenters. The van der Waals surface area contributed by atoms with E-state index in [2.05, 4.69) is 11.8 Å². The Morgan fingerprint density at radius 1 is 1.37 bits per heavy atom. The monoisotopic (exact) mass is 417 g/mol. The second-order valence-electron chi connectivity index (χ2n) is 9.32. The van der Waals surface area contributed by atoms with Crippen molar-refractivity contribution in [3.63, 3.8) is 0 Å². The van der Waals surface area contributed by atoms with Gasteiger partial charge in [-0.25, -0.2) is 0 Å². The lowest BCUT2D eigenvalue weighted by atomic mass is 9.61. The average Bonchev–Trinajstić information content (AvgIpc) is 3.48. The van der Waals surface area contributed by atoms with E-state index in [1.54, 1.807) is 6.07 Å². The van der Waals surface area contributed by atoms with Crippen LogP contribution in [0.15, 0.2) is 12.1 Å². The van der Waals surface area contributed by atoms with Crippen molar-refractivity contribution >= 4 is 5.78 Å². The zero-order valence-corrected chi connectivity index (χ0v) is 17.4. The molecular weight excluding hydrogens is 386 g/mol. The lowest BCUT2D eigenvalue weighted by Crippen LogP contribution is -2.65.